The fourth-order valence-corrected chi connectivity index (χ4v) is 3.83. The quantitative estimate of drug-likeness (QED) is 0.385. The van der Waals surface area contributed by atoms with Crippen molar-refractivity contribution in [2.24, 2.45) is 0 Å². The fourth-order valence-electron chi connectivity index (χ4n) is 3.83. The lowest BCUT2D eigenvalue weighted by atomic mass is 10.0. The van der Waals surface area contributed by atoms with Crippen LogP contribution in [0.2, 0.25) is 0 Å². The first-order valence-corrected chi connectivity index (χ1v) is 11.3. The van der Waals surface area contributed by atoms with Crippen molar-refractivity contribution in [1.29, 1.82) is 0 Å². The molecule has 1 aliphatic rings. The number of rotatable bonds is 8. The first-order valence-electron chi connectivity index (χ1n) is 11.3. The summed E-state index contributed by atoms with van der Waals surface area (Å²) in [7, 11) is 0. The van der Waals surface area contributed by atoms with E-state index < -0.39 is 29.9 Å². The smallest absolute Gasteiger partial charge is 0.271 e. The topological polar surface area (TPSA) is 125 Å². The standard InChI is InChI=1S/C23H23F4N7O3/c1-12-20(22(36)31-14-2-3-15(24)16(25)8-14)23(37-33-12)32-19-10-28-17(9-29-19)21(35)30-13-4-6-34(7-5-13)11-18(26)27/h2-3,8-10,13,18H,4-7,11H2,1H3,(H,29,32)(H,30,35)(H,31,36). The van der Waals surface area contributed by atoms with E-state index in [1.54, 1.807) is 4.90 Å². The van der Waals surface area contributed by atoms with E-state index in [1.807, 2.05) is 0 Å². The van der Waals surface area contributed by atoms with Crippen molar-refractivity contribution >= 4 is 29.2 Å². The lowest BCUT2D eigenvalue weighted by molar-refractivity contribution is 0.0695. The molecule has 3 heterocycles. The summed E-state index contributed by atoms with van der Waals surface area (Å²) in [6, 6.07) is 2.77. The van der Waals surface area contributed by atoms with E-state index in [-0.39, 0.29) is 46.9 Å². The number of carbonyl (C=O) groups excluding carboxylic acids is 2. The van der Waals surface area contributed by atoms with Gasteiger partial charge in [-0.25, -0.2) is 27.5 Å². The third-order valence-corrected chi connectivity index (χ3v) is 5.71. The van der Waals surface area contributed by atoms with Crippen LogP contribution < -0.4 is 16.0 Å². The van der Waals surface area contributed by atoms with Crippen molar-refractivity contribution < 1.29 is 31.7 Å². The molecule has 3 N–H and O–H groups in total. The molecule has 4 rings (SSSR count). The number of nitrogens with one attached hydrogen (secondary N) is 3. The maximum absolute atomic E-state index is 13.5. The average Bonchev–Trinajstić information content (AvgIpc) is 3.22. The molecule has 0 spiro atoms. The number of aryl methyl sites for hydroxylation is 1. The Morgan fingerprint density at radius 2 is 1.86 bits per heavy atom. The number of halogens is 4. The summed E-state index contributed by atoms with van der Waals surface area (Å²) >= 11 is 0. The number of alkyl halides is 2. The van der Waals surface area contributed by atoms with Crippen molar-refractivity contribution in [2.75, 3.05) is 30.3 Å². The summed E-state index contributed by atoms with van der Waals surface area (Å²) in [5.74, 6) is -3.22. The molecule has 196 valence electrons. The van der Waals surface area contributed by atoms with Gasteiger partial charge in [0.2, 0.25) is 5.88 Å². The molecule has 0 atom stereocenters. The van der Waals surface area contributed by atoms with Crippen molar-refractivity contribution in [3.63, 3.8) is 0 Å². The lowest BCUT2D eigenvalue weighted by Gasteiger charge is -2.31. The van der Waals surface area contributed by atoms with Gasteiger partial charge in [0.1, 0.15) is 11.3 Å². The number of nitrogens with zero attached hydrogens (tertiary/aromatic N) is 4. The highest BCUT2D eigenvalue weighted by atomic mass is 19.3. The van der Waals surface area contributed by atoms with Crippen LogP contribution in [0.3, 0.4) is 0 Å². The fraction of sp³-hybridized carbons (Fsp3) is 0.348. The van der Waals surface area contributed by atoms with Crippen LogP contribution in [0.15, 0.2) is 35.1 Å². The van der Waals surface area contributed by atoms with Crippen molar-refractivity contribution in [2.45, 2.75) is 32.2 Å². The van der Waals surface area contributed by atoms with Gasteiger partial charge >= 0.3 is 0 Å². The summed E-state index contributed by atoms with van der Waals surface area (Å²) in [5.41, 5.74) is 0.314. The Hall–Kier alpha value is -4.07. The molecule has 1 aliphatic heterocycles. The highest BCUT2D eigenvalue weighted by molar-refractivity contribution is 6.08. The van der Waals surface area contributed by atoms with Gasteiger partial charge in [-0.15, -0.1) is 0 Å². The molecule has 2 amide bonds. The normalized spacial score (nSPS) is 14.5. The maximum Gasteiger partial charge on any atom is 0.271 e. The van der Waals surface area contributed by atoms with Gasteiger partial charge in [0.15, 0.2) is 17.5 Å². The van der Waals surface area contributed by atoms with Gasteiger partial charge in [-0.2, -0.15) is 0 Å². The number of amides is 2. The minimum absolute atomic E-state index is 0.00605. The predicted octanol–water partition coefficient (Wildman–Crippen LogP) is 3.51. The molecule has 10 nitrogen and oxygen atoms in total. The van der Waals surface area contributed by atoms with E-state index in [9.17, 15) is 27.2 Å². The lowest BCUT2D eigenvalue weighted by Crippen LogP contribution is -2.45. The largest absolute Gasteiger partial charge is 0.348 e. The highest BCUT2D eigenvalue weighted by Gasteiger charge is 2.24. The van der Waals surface area contributed by atoms with Crippen LogP contribution >= 0.6 is 0 Å². The minimum atomic E-state index is -2.39. The van der Waals surface area contributed by atoms with Crippen LogP contribution in [0, 0.1) is 18.6 Å². The van der Waals surface area contributed by atoms with Crippen molar-refractivity contribution in [3.8, 4) is 0 Å². The Bertz CT molecular complexity index is 1260. The van der Waals surface area contributed by atoms with Crippen molar-refractivity contribution in [3.05, 3.63) is 59.2 Å². The molecule has 0 saturated carbocycles. The van der Waals surface area contributed by atoms with E-state index in [0.717, 1.165) is 12.1 Å². The zero-order valence-electron chi connectivity index (χ0n) is 19.6. The van der Waals surface area contributed by atoms with Crippen LogP contribution in [-0.4, -0.2) is 63.9 Å². The highest BCUT2D eigenvalue weighted by Crippen LogP contribution is 2.24. The number of aromatic nitrogens is 3. The predicted molar refractivity (Wildman–Crippen MR) is 124 cm³/mol. The molecule has 0 bridgehead atoms. The van der Waals surface area contributed by atoms with E-state index in [0.29, 0.717) is 25.9 Å². The first kappa shape index (κ1) is 26.0. The number of carbonyl (C=O) groups is 2. The van der Waals surface area contributed by atoms with Crippen LogP contribution in [-0.2, 0) is 0 Å². The Kier molecular flexibility index (Phi) is 7.96. The Labute approximate surface area is 208 Å². The molecular formula is C23H23F4N7O3. The third kappa shape index (κ3) is 6.58. The first-order chi connectivity index (χ1) is 17.7. The average molecular weight is 521 g/mol. The molecule has 1 saturated heterocycles. The molecule has 0 unspecified atom stereocenters. The second-order valence-electron chi connectivity index (χ2n) is 8.41. The maximum atomic E-state index is 13.5. The number of benzene rings is 1. The SMILES string of the molecule is Cc1noc(Nc2cnc(C(=O)NC3CCN(CC(F)F)CC3)cn2)c1C(=O)Nc1ccc(F)c(F)c1. The Balaban J connectivity index is 1.36. The molecule has 37 heavy (non-hydrogen) atoms. The number of anilines is 3. The molecule has 14 heteroatoms. The summed E-state index contributed by atoms with van der Waals surface area (Å²) in [4.78, 5) is 35.1. The van der Waals surface area contributed by atoms with Crippen LogP contribution in [0.4, 0.5) is 35.0 Å². The Morgan fingerprint density at radius 1 is 1.11 bits per heavy atom. The van der Waals surface area contributed by atoms with Crippen LogP contribution in [0.25, 0.3) is 0 Å². The van der Waals surface area contributed by atoms with E-state index in [1.165, 1.54) is 25.4 Å². The van der Waals surface area contributed by atoms with Gasteiger partial charge in [0.25, 0.3) is 18.2 Å². The molecule has 3 aromatic rings. The second kappa shape index (κ2) is 11.3. The molecule has 0 radical (unpaired) electrons. The van der Waals surface area contributed by atoms with E-state index >= 15 is 0 Å². The number of hydrogen-bond acceptors (Lipinski definition) is 8. The zero-order chi connectivity index (χ0) is 26.5. The summed E-state index contributed by atoms with van der Waals surface area (Å²) < 4.78 is 56.8. The van der Waals surface area contributed by atoms with Gasteiger partial charge < -0.3 is 20.5 Å². The van der Waals surface area contributed by atoms with E-state index in [2.05, 4.69) is 31.1 Å². The molecule has 1 aromatic carbocycles. The van der Waals surface area contributed by atoms with Gasteiger partial charge in [0.05, 0.1) is 24.6 Å². The van der Waals surface area contributed by atoms with Gasteiger partial charge in [0, 0.05) is 30.9 Å². The molecule has 0 aliphatic carbocycles. The Morgan fingerprint density at radius 3 is 2.51 bits per heavy atom. The molecule has 2 aromatic heterocycles. The third-order valence-electron chi connectivity index (χ3n) is 5.71. The zero-order valence-corrected chi connectivity index (χ0v) is 19.6. The minimum Gasteiger partial charge on any atom is -0.348 e. The van der Waals surface area contributed by atoms with Crippen LogP contribution in [0.5, 0.6) is 0 Å². The molecule has 1 fully saturated rings. The van der Waals surface area contributed by atoms with Gasteiger partial charge in [-0.1, -0.05) is 5.16 Å². The van der Waals surface area contributed by atoms with Gasteiger partial charge in [-0.3, -0.25) is 14.5 Å². The number of piperidine rings is 1. The van der Waals surface area contributed by atoms with E-state index in [4.69, 9.17) is 4.52 Å². The van der Waals surface area contributed by atoms with Gasteiger partial charge in [-0.05, 0) is 31.9 Å². The summed E-state index contributed by atoms with van der Waals surface area (Å²) in [6.45, 7) is 2.17. The van der Waals surface area contributed by atoms with Crippen molar-refractivity contribution in [1.82, 2.24) is 25.3 Å². The summed E-state index contributed by atoms with van der Waals surface area (Å²) in [5, 5.41) is 11.8. The number of likely N-dealkylation sites (tertiary alicyclic amines) is 1. The number of hydrogen-bond donors (Lipinski definition) is 3. The molecular weight excluding hydrogens is 498 g/mol. The second-order valence-corrected chi connectivity index (χ2v) is 8.41. The summed E-state index contributed by atoms with van der Waals surface area (Å²) in [6.07, 6.45) is 1.19. The van der Waals surface area contributed by atoms with Crippen LogP contribution in [0.1, 0.15) is 39.4 Å². The monoisotopic (exact) mass is 521 g/mol.